The summed E-state index contributed by atoms with van der Waals surface area (Å²) in [7, 11) is 3.34. The fourth-order valence-electron chi connectivity index (χ4n) is 2.23. The Kier molecular flexibility index (Phi) is 3.78. The molecule has 0 bridgehead atoms. The van der Waals surface area contributed by atoms with Crippen molar-refractivity contribution in [2.75, 3.05) is 20.6 Å². The lowest BCUT2D eigenvalue weighted by Crippen LogP contribution is -2.45. The minimum Gasteiger partial charge on any atom is -0.347 e. The van der Waals surface area contributed by atoms with Gasteiger partial charge in [-0.1, -0.05) is 0 Å². The predicted molar refractivity (Wildman–Crippen MR) is 66.9 cm³/mol. The summed E-state index contributed by atoms with van der Waals surface area (Å²) in [5.41, 5.74) is 0.305. The van der Waals surface area contributed by atoms with E-state index in [2.05, 4.69) is 4.98 Å². The highest BCUT2D eigenvalue weighted by Gasteiger charge is 2.35. The molecular formula is C13H16FN3O2. The van der Waals surface area contributed by atoms with E-state index in [1.54, 1.807) is 14.1 Å². The highest BCUT2D eigenvalue weighted by molar-refractivity contribution is 5.97. The molecule has 0 spiro atoms. The molecule has 1 fully saturated rings. The molecule has 19 heavy (non-hydrogen) atoms. The number of carbonyl (C=O) groups is 2. The SMILES string of the molecule is CN(C)C(=O)C1CCCN1C(=O)c1ccc(F)nc1. The second kappa shape index (κ2) is 5.34. The first kappa shape index (κ1) is 13.5. The van der Waals surface area contributed by atoms with Crippen LogP contribution in [0.5, 0.6) is 0 Å². The molecule has 0 radical (unpaired) electrons. The molecule has 1 aromatic rings. The van der Waals surface area contributed by atoms with Crippen molar-refractivity contribution in [1.82, 2.24) is 14.8 Å². The second-order valence-electron chi connectivity index (χ2n) is 4.76. The molecule has 2 heterocycles. The smallest absolute Gasteiger partial charge is 0.256 e. The van der Waals surface area contributed by atoms with Crippen molar-refractivity contribution in [3.05, 3.63) is 29.8 Å². The maximum Gasteiger partial charge on any atom is 0.256 e. The van der Waals surface area contributed by atoms with Gasteiger partial charge in [-0.15, -0.1) is 0 Å². The largest absolute Gasteiger partial charge is 0.347 e. The number of rotatable bonds is 2. The minimum atomic E-state index is -0.626. The van der Waals surface area contributed by atoms with E-state index in [0.717, 1.165) is 12.5 Å². The van der Waals surface area contributed by atoms with Crippen LogP contribution in [0.1, 0.15) is 23.2 Å². The van der Waals surface area contributed by atoms with Gasteiger partial charge in [0, 0.05) is 26.8 Å². The maximum atomic E-state index is 12.7. The van der Waals surface area contributed by atoms with Gasteiger partial charge in [-0.2, -0.15) is 4.39 Å². The van der Waals surface area contributed by atoms with E-state index >= 15 is 0 Å². The van der Waals surface area contributed by atoms with E-state index < -0.39 is 12.0 Å². The lowest BCUT2D eigenvalue weighted by atomic mass is 10.1. The quantitative estimate of drug-likeness (QED) is 0.747. The van der Waals surface area contributed by atoms with Gasteiger partial charge in [-0.25, -0.2) is 4.98 Å². The molecule has 0 N–H and O–H groups in total. The molecule has 1 saturated heterocycles. The van der Waals surface area contributed by atoms with E-state index in [1.807, 2.05) is 0 Å². The van der Waals surface area contributed by atoms with E-state index in [4.69, 9.17) is 0 Å². The Bertz CT molecular complexity index is 487. The fourth-order valence-corrected chi connectivity index (χ4v) is 2.23. The number of halogens is 1. The van der Waals surface area contributed by atoms with Crippen molar-refractivity contribution in [2.45, 2.75) is 18.9 Å². The lowest BCUT2D eigenvalue weighted by molar-refractivity contribution is -0.132. The topological polar surface area (TPSA) is 53.5 Å². The average molecular weight is 265 g/mol. The summed E-state index contributed by atoms with van der Waals surface area (Å²) in [6.45, 7) is 0.542. The third-order valence-electron chi connectivity index (χ3n) is 3.21. The standard InChI is InChI=1S/C13H16FN3O2/c1-16(2)13(19)10-4-3-7-17(10)12(18)9-5-6-11(14)15-8-9/h5-6,8,10H,3-4,7H2,1-2H3. The molecule has 102 valence electrons. The van der Waals surface area contributed by atoms with Crippen molar-refractivity contribution in [2.24, 2.45) is 0 Å². The highest BCUT2D eigenvalue weighted by atomic mass is 19.1. The van der Waals surface area contributed by atoms with Crippen molar-refractivity contribution >= 4 is 11.8 Å². The van der Waals surface area contributed by atoms with Crippen molar-refractivity contribution < 1.29 is 14.0 Å². The van der Waals surface area contributed by atoms with Gasteiger partial charge < -0.3 is 9.80 Å². The number of carbonyl (C=O) groups excluding carboxylic acids is 2. The lowest BCUT2D eigenvalue weighted by Gasteiger charge is -2.26. The van der Waals surface area contributed by atoms with Crippen LogP contribution < -0.4 is 0 Å². The van der Waals surface area contributed by atoms with Gasteiger partial charge in [0.2, 0.25) is 11.9 Å². The number of likely N-dealkylation sites (tertiary alicyclic amines) is 1. The van der Waals surface area contributed by atoms with Crippen molar-refractivity contribution in [3.8, 4) is 0 Å². The van der Waals surface area contributed by atoms with Crippen LogP contribution in [0.3, 0.4) is 0 Å². The molecule has 1 aliphatic rings. The number of pyridine rings is 1. The van der Waals surface area contributed by atoms with Crippen LogP contribution in [0.4, 0.5) is 4.39 Å². The zero-order chi connectivity index (χ0) is 14.0. The first-order valence-electron chi connectivity index (χ1n) is 6.14. The Morgan fingerprint density at radius 1 is 1.42 bits per heavy atom. The van der Waals surface area contributed by atoms with Crippen molar-refractivity contribution in [1.29, 1.82) is 0 Å². The molecule has 1 unspecified atom stereocenters. The zero-order valence-corrected chi connectivity index (χ0v) is 11.0. The van der Waals surface area contributed by atoms with Crippen LogP contribution in [0.15, 0.2) is 18.3 Å². The third kappa shape index (κ3) is 2.72. The molecule has 0 aromatic carbocycles. The second-order valence-corrected chi connectivity index (χ2v) is 4.76. The van der Waals surface area contributed by atoms with E-state index in [9.17, 15) is 14.0 Å². The van der Waals surface area contributed by atoms with Crippen LogP contribution in [0.25, 0.3) is 0 Å². The van der Waals surface area contributed by atoms with Gasteiger partial charge in [-0.05, 0) is 25.0 Å². The summed E-state index contributed by atoms with van der Waals surface area (Å²) in [6.07, 6.45) is 2.66. The molecule has 1 atom stereocenters. The number of amides is 2. The summed E-state index contributed by atoms with van der Waals surface area (Å²) in [5, 5.41) is 0. The number of nitrogens with zero attached hydrogens (tertiary/aromatic N) is 3. The summed E-state index contributed by atoms with van der Waals surface area (Å²) in [6, 6.07) is 2.11. The van der Waals surface area contributed by atoms with Gasteiger partial charge >= 0.3 is 0 Å². The van der Waals surface area contributed by atoms with Gasteiger partial charge in [-0.3, -0.25) is 9.59 Å². The summed E-state index contributed by atoms with van der Waals surface area (Å²) < 4.78 is 12.7. The van der Waals surface area contributed by atoms with E-state index in [-0.39, 0.29) is 11.8 Å². The summed E-state index contributed by atoms with van der Waals surface area (Å²) >= 11 is 0. The van der Waals surface area contributed by atoms with Crippen LogP contribution in [-0.2, 0) is 4.79 Å². The number of hydrogen-bond donors (Lipinski definition) is 0. The molecule has 1 aromatic heterocycles. The average Bonchev–Trinajstić information content (AvgIpc) is 2.86. The van der Waals surface area contributed by atoms with E-state index in [0.29, 0.717) is 18.5 Å². The number of likely N-dealkylation sites (N-methyl/N-ethyl adjacent to an activating group) is 1. The monoisotopic (exact) mass is 265 g/mol. The van der Waals surface area contributed by atoms with Crippen molar-refractivity contribution in [3.63, 3.8) is 0 Å². The Morgan fingerprint density at radius 3 is 2.74 bits per heavy atom. The number of aromatic nitrogens is 1. The number of hydrogen-bond acceptors (Lipinski definition) is 3. The molecule has 0 saturated carbocycles. The van der Waals surface area contributed by atoms with Gasteiger partial charge in [0.1, 0.15) is 6.04 Å². The van der Waals surface area contributed by atoms with Crippen LogP contribution in [0.2, 0.25) is 0 Å². The van der Waals surface area contributed by atoms with Crippen LogP contribution >= 0.6 is 0 Å². The van der Waals surface area contributed by atoms with E-state index in [1.165, 1.54) is 22.1 Å². The van der Waals surface area contributed by atoms with Crippen LogP contribution in [-0.4, -0.2) is 53.3 Å². The first-order chi connectivity index (χ1) is 9.00. The fraction of sp³-hybridized carbons (Fsp3) is 0.462. The van der Waals surface area contributed by atoms with Gasteiger partial charge in [0.05, 0.1) is 5.56 Å². The first-order valence-corrected chi connectivity index (χ1v) is 6.14. The highest BCUT2D eigenvalue weighted by Crippen LogP contribution is 2.21. The minimum absolute atomic E-state index is 0.0825. The normalized spacial score (nSPS) is 18.5. The Hall–Kier alpha value is -1.98. The van der Waals surface area contributed by atoms with Gasteiger partial charge in [0.15, 0.2) is 0 Å². The Morgan fingerprint density at radius 2 is 2.16 bits per heavy atom. The molecule has 2 rings (SSSR count). The molecule has 1 aliphatic heterocycles. The molecular weight excluding hydrogens is 249 g/mol. The predicted octanol–water partition coefficient (Wildman–Crippen LogP) is 0.913. The third-order valence-corrected chi connectivity index (χ3v) is 3.21. The molecule has 5 nitrogen and oxygen atoms in total. The molecule has 2 amide bonds. The summed E-state index contributed by atoms with van der Waals surface area (Å²) in [5.74, 6) is -0.981. The van der Waals surface area contributed by atoms with Gasteiger partial charge in [0.25, 0.3) is 5.91 Å². The van der Waals surface area contributed by atoms with Crippen LogP contribution in [0, 0.1) is 5.95 Å². The summed E-state index contributed by atoms with van der Waals surface area (Å²) in [4.78, 5) is 30.8. The Balaban J connectivity index is 2.18. The molecule has 6 heteroatoms. The Labute approximate surface area is 111 Å². The molecule has 0 aliphatic carbocycles. The maximum absolute atomic E-state index is 12.7. The zero-order valence-electron chi connectivity index (χ0n) is 11.0.